The van der Waals surface area contributed by atoms with Crippen LogP contribution in [0.5, 0.6) is 5.75 Å². The summed E-state index contributed by atoms with van der Waals surface area (Å²) in [5.74, 6) is 0.878. The number of methoxy groups -OCH3 is 1. The minimum absolute atomic E-state index is 0.203. The van der Waals surface area contributed by atoms with Gasteiger partial charge < -0.3 is 14.6 Å². The van der Waals surface area contributed by atoms with E-state index in [2.05, 4.69) is 45.4 Å². The van der Waals surface area contributed by atoms with Crippen molar-refractivity contribution in [2.75, 3.05) is 13.7 Å². The van der Waals surface area contributed by atoms with Gasteiger partial charge in [0.1, 0.15) is 5.75 Å². The molecule has 0 bridgehead atoms. The van der Waals surface area contributed by atoms with E-state index in [0.717, 1.165) is 35.3 Å². The molecular weight excluding hydrogens is 330 g/mol. The lowest BCUT2D eigenvalue weighted by Crippen LogP contribution is -2.24. The van der Waals surface area contributed by atoms with Gasteiger partial charge in [-0.05, 0) is 43.1 Å². The molecular formula is C16H22BrN3O. The quantitative estimate of drug-likeness (QED) is 0.829. The van der Waals surface area contributed by atoms with Crippen molar-refractivity contribution >= 4 is 15.9 Å². The summed E-state index contributed by atoms with van der Waals surface area (Å²) in [5.41, 5.74) is 2.29. The van der Waals surface area contributed by atoms with Crippen molar-refractivity contribution in [2.24, 2.45) is 7.05 Å². The maximum Gasteiger partial charge on any atom is 0.119 e. The van der Waals surface area contributed by atoms with Crippen molar-refractivity contribution in [3.63, 3.8) is 0 Å². The summed E-state index contributed by atoms with van der Waals surface area (Å²) in [5, 5.41) is 3.57. The van der Waals surface area contributed by atoms with Crippen molar-refractivity contribution in [2.45, 2.75) is 25.8 Å². The molecule has 1 atom stereocenters. The number of nitrogens with zero attached hydrogens (tertiary/aromatic N) is 2. The first-order valence-corrected chi connectivity index (χ1v) is 7.97. The van der Waals surface area contributed by atoms with E-state index in [-0.39, 0.29) is 6.04 Å². The van der Waals surface area contributed by atoms with E-state index in [1.807, 2.05) is 30.1 Å². The third-order valence-corrected chi connectivity index (χ3v) is 4.17. The number of hydrogen-bond donors (Lipinski definition) is 1. The summed E-state index contributed by atoms with van der Waals surface area (Å²) >= 11 is 3.63. The van der Waals surface area contributed by atoms with Gasteiger partial charge in [0, 0.05) is 17.7 Å². The first kappa shape index (κ1) is 16.0. The molecule has 0 amide bonds. The average Bonchev–Trinajstić information content (AvgIpc) is 2.91. The van der Waals surface area contributed by atoms with Crippen LogP contribution in [0.3, 0.4) is 0 Å². The van der Waals surface area contributed by atoms with E-state index in [0.29, 0.717) is 0 Å². The van der Waals surface area contributed by atoms with E-state index in [1.54, 1.807) is 7.11 Å². The van der Waals surface area contributed by atoms with E-state index in [9.17, 15) is 0 Å². The molecule has 1 unspecified atom stereocenters. The molecule has 0 saturated heterocycles. The number of ether oxygens (including phenoxy) is 1. The van der Waals surface area contributed by atoms with Crippen LogP contribution >= 0.6 is 15.9 Å². The van der Waals surface area contributed by atoms with Crippen molar-refractivity contribution in [3.8, 4) is 5.75 Å². The van der Waals surface area contributed by atoms with Gasteiger partial charge in [-0.15, -0.1) is 0 Å². The summed E-state index contributed by atoms with van der Waals surface area (Å²) in [6, 6.07) is 6.27. The SMILES string of the molecule is CCCNC(Cc1cc(OC)ccc1Br)c1cn(C)cn1. The number of rotatable bonds is 7. The second kappa shape index (κ2) is 7.61. The van der Waals surface area contributed by atoms with Crippen LogP contribution in [0.1, 0.15) is 30.6 Å². The first-order chi connectivity index (χ1) is 10.1. The lowest BCUT2D eigenvalue weighted by atomic mass is 10.0. The molecule has 114 valence electrons. The predicted octanol–water partition coefficient (Wildman–Crippen LogP) is 3.47. The van der Waals surface area contributed by atoms with Gasteiger partial charge in [0.2, 0.25) is 0 Å². The molecule has 4 nitrogen and oxygen atoms in total. The number of aromatic nitrogens is 2. The molecule has 1 heterocycles. The van der Waals surface area contributed by atoms with Crippen molar-refractivity contribution in [1.82, 2.24) is 14.9 Å². The third kappa shape index (κ3) is 4.32. The minimum atomic E-state index is 0.203. The second-order valence-electron chi connectivity index (χ2n) is 5.13. The van der Waals surface area contributed by atoms with Gasteiger partial charge >= 0.3 is 0 Å². The van der Waals surface area contributed by atoms with Gasteiger partial charge in [-0.3, -0.25) is 0 Å². The van der Waals surface area contributed by atoms with E-state index >= 15 is 0 Å². The Bertz CT molecular complexity index is 583. The molecule has 1 aromatic heterocycles. The first-order valence-electron chi connectivity index (χ1n) is 7.17. The van der Waals surface area contributed by atoms with Gasteiger partial charge in [0.25, 0.3) is 0 Å². The van der Waals surface area contributed by atoms with Gasteiger partial charge in [-0.2, -0.15) is 0 Å². The summed E-state index contributed by atoms with van der Waals surface area (Å²) in [4.78, 5) is 4.49. The highest BCUT2D eigenvalue weighted by molar-refractivity contribution is 9.10. The van der Waals surface area contributed by atoms with Crippen LogP contribution < -0.4 is 10.1 Å². The monoisotopic (exact) mass is 351 g/mol. The Morgan fingerprint density at radius 1 is 1.43 bits per heavy atom. The Morgan fingerprint density at radius 2 is 2.24 bits per heavy atom. The molecule has 0 fully saturated rings. The zero-order valence-electron chi connectivity index (χ0n) is 12.8. The van der Waals surface area contributed by atoms with E-state index in [1.165, 1.54) is 5.56 Å². The zero-order valence-corrected chi connectivity index (χ0v) is 14.4. The Hall–Kier alpha value is -1.33. The smallest absolute Gasteiger partial charge is 0.119 e. The van der Waals surface area contributed by atoms with Gasteiger partial charge in [0.15, 0.2) is 0 Å². The number of halogens is 1. The topological polar surface area (TPSA) is 39.1 Å². The zero-order chi connectivity index (χ0) is 15.2. The fourth-order valence-corrected chi connectivity index (χ4v) is 2.68. The van der Waals surface area contributed by atoms with Crippen LogP contribution in [0.2, 0.25) is 0 Å². The highest BCUT2D eigenvalue weighted by Gasteiger charge is 2.16. The predicted molar refractivity (Wildman–Crippen MR) is 88.6 cm³/mol. The average molecular weight is 352 g/mol. The Morgan fingerprint density at radius 3 is 2.86 bits per heavy atom. The van der Waals surface area contributed by atoms with E-state index < -0.39 is 0 Å². The molecule has 0 aliphatic carbocycles. The second-order valence-corrected chi connectivity index (χ2v) is 5.99. The van der Waals surface area contributed by atoms with Crippen LogP contribution in [0.4, 0.5) is 0 Å². The third-order valence-electron chi connectivity index (χ3n) is 3.40. The van der Waals surface area contributed by atoms with Crippen LogP contribution in [-0.2, 0) is 13.5 Å². The van der Waals surface area contributed by atoms with Gasteiger partial charge in [0.05, 0.1) is 25.2 Å². The number of hydrogen-bond acceptors (Lipinski definition) is 3. The molecule has 1 aromatic carbocycles. The number of benzene rings is 1. The van der Waals surface area contributed by atoms with Crippen LogP contribution in [-0.4, -0.2) is 23.2 Å². The van der Waals surface area contributed by atoms with Gasteiger partial charge in [-0.1, -0.05) is 22.9 Å². The van der Waals surface area contributed by atoms with Crippen LogP contribution in [0.15, 0.2) is 35.2 Å². The number of aryl methyl sites for hydroxylation is 1. The molecule has 0 radical (unpaired) electrons. The number of nitrogens with one attached hydrogen (secondary N) is 1. The molecule has 5 heteroatoms. The van der Waals surface area contributed by atoms with Crippen molar-refractivity contribution in [1.29, 1.82) is 0 Å². The Labute approximate surface area is 134 Å². The minimum Gasteiger partial charge on any atom is -0.497 e. The molecule has 1 N–H and O–H groups in total. The van der Waals surface area contributed by atoms with Crippen molar-refractivity contribution < 1.29 is 4.74 Å². The van der Waals surface area contributed by atoms with E-state index in [4.69, 9.17) is 4.74 Å². The molecule has 0 aliphatic rings. The van der Waals surface area contributed by atoms with Crippen molar-refractivity contribution in [3.05, 3.63) is 46.5 Å². The fourth-order valence-electron chi connectivity index (χ4n) is 2.27. The molecule has 0 saturated carbocycles. The Balaban J connectivity index is 2.22. The molecule has 0 aliphatic heterocycles. The largest absolute Gasteiger partial charge is 0.497 e. The lowest BCUT2D eigenvalue weighted by Gasteiger charge is -2.18. The summed E-state index contributed by atoms with van der Waals surface area (Å²) in [6.45, 7) is 3.15. The maximum atomic E-state index is 5.32. The standard InChI is InChI=1S/C16H22BrN3O/c1-4-7-18-15(16-10-20(2)11-19-16)9-12-8-13(21-3)5-6-14(12)17/h5-6,8,10-11,15,18H,4,7,9H2,1-3H3. The normalized spacial score (nSPS) is 12.4. The highest BCUT2D eigenvalue weighted by Crippen LogP contribution is 2.27. The maximum absolute atomic E-state index is 5.32. The molecule has 2 aromatic rings. The molecule has 21 heavy (non-hydrogen) atoms. The summed E-state index contributed by atoms with van der Waals surface area (Å²) in [6.07, 6.45) is 5.88. The summed E-state index contributed by atoms with van der Waals surface area (Å²) in [7, 11) is 3.69. The summed E-state index contributed by atoms with van der Waals surface area (Å²) < 4.78 is 8.40. The van der Waals surface area contributed by atoms with Gasteiger partial charge in [-0.25, -0.2) is 4.98 Å². The fraction of sp³-hybridized carbons (Fsp3) is 0.438. The number of imidazole rings is 1. The van der Waals surface area contributed by atoms with Crippen LogP contribution in [0.25, 0.3) is 0 Å². The Kier molecular flexibility index (Phi) is 5.82. The molecule has 2 rings (SSSR count). The lowest BCUT2D eigenvalue weighted by molar-refractivity contribution is 0.413. The van der Waals surface area contributed by atoms with Crippen LogP contribution in [0, 0.1) is 0 Å². The highest BCUT2D eigenvalue weighted by atomic mass is 79.9. The molecule has 0 spiro atoms.